The molecule has 1 fully saturated rings. The van der Waals surface area contributed by atoms with E-state index in [0.717, 1.165) is 25.0 Å². The Balaban J connectivity index is 1.94. The largest absolute Gasteiger partial charge is 0.493 e. The first-order valence-electron chi connectivity index (χ1n) is 7.26. The molecule has 1 amide bonds. The van der Waals surface area contributed by atoms with Crippen LogP contribution in [0.1, 0.15) is 25.3 Å². The molecule has 2 atom stereocenters. The fraction of sp³-hybridized carbons (Fsp3) is 0.562. The summed E-state index contributed by atoms with van der Waals surface area (Å²) in [6.45, 7) is 3.18. The van der Waals surface area contributed by atoms with Gasteiger partial charge in [-0.25, -0.2) is 0 Å². The molecule has 21 heavy (non-hydrogen) atoms. The van der Waals surface area contributed by atoms with Crippen LogP contribution in [0.2, 0.25) is 0 Å². The third kappa shape index (κ3) is 3.88. The molecule has 1 aromatic rings. The molecule has 1 saturated heterocycles. The van der Waals surface area contributed by atoms with E-state index in [-0.39, 0.29) is 17.9 Å². The van der Waals surface area contributed by atoms with Gasteiger partial charge < -0.3 is 19.5 Å². The van der Waals surface area contributed by atoms with Crippen LogP contribution < -0.4 is 14.8 Å². The first kappa shape index (κ1) is 15.6. The van der Waals surface area contributed by atoms with E-state index in [0.29, 0.717) is 18.0 Å². The molecule has 116 valence electrons. The normalized spacial score (nSPS) is 21.7. The molecule has 1 aromatic carbocycles. The maximum atomic E-state index is 12.2. The van der Waals surface area contributed by atoms with Gasteiger partial charge in [-0.05, 0) is 37.5 Å². The lowest BCUT2D eigenvalue weighted by atomic mass is 9.94. The number of carbonyl (C=O) groups is 1. The Hall–Kier alpha value is -1.75. The Labute approximate surface area is 125 Å². The topological polar surface area (TPSA) is 56.8 Å². The van der Waals surface area contributed by atoms with Gasteiger partial charge in [0.2, 0.25) is 5.91 Å². The molecular weight excluding hydrogens is 270 g/mol. The van der Waals surface area contributed by atoms with Crippen LogP contribution in [0.3, 0.4) is 0 Å². The number of amides is 1. The van der Waals surface area contributed by atoms with E-state index in [2.05, 4.69) is 5.32 Å². The van der Waals surface area contributed by atoms with Crippen LogP contribution in [0.4, 0.5) is 0 Å². The summed E-state index contributed by atoms with van der Waals surface area (Å²) in [5, 5.41) is 2.97. The van der Waals surface area contributed by atoms with Gasteiger partial charge in [0.15, 0.2) is 11.5 Å². The minimum atomic E-state index is -0.0566. The zero-order valence-electron chi connectivity index (χ0n) is 12.8. The van der Waals surface area contributed by atoms with Crippen molar-refractivity contribution in [3.05, 3.63) is 23.8 Å². The van der Waals surface area contributed by atoms with Gasteiger partial charge in [0.25, 0.3) is 0 Å². The second kappa shape index (κ2) is 7.31. The van der Waals surface area contributed by atoms with Crippen molar-refractivity contribution in [1.82, 2.24) is 5.32 Å². The number of ether oxygens (including phenoxy) is 3. The molecular formula is C16H23NO4. The molecule has 0 spiro atoms. The van der Waals surface area contributed by atoms with E-state index < -0.39 is 0 Å². The molecule has 5 heteroatoms. The highest BCUT2D eigenvalue weighted by Gasteiger charge is 2.28. The van der Waals surface area contributed by atoms with Crippen LogP contribution in [-0.2, 0) is 16.1 Å². The minimum absolute atomic E-state index is 0.0100. The summed E-state index contributed by atoms with van der Waals surface area (Å²) in [4.78, 5) is 12.2. The molecule has 0 unspecified atom stereocenters. The average Bonchev–Trinajstić information content (AvgIpc) is 2.52. The Morgan fingerprint density at radius 2 is 2.10 bits per heavy atom. The summed E-state index contributed by atoms with van der Waals surface area (Å²) in [5.41, 5.74) is 0.977. The third-order valence-electron chi connectivity index (χ3n) is 3.86. The number of hydrogen-bond donors (Lipinski definition) is 1. The molecule has 1 heterocycles. The van der Waals surface area contributed by atoms with Gasteiger partial charge in [-0.3, -0.25) is 4.79 Å². The standard InChI is InChI=1S/C16H23NO4/c1-11-13(5-4-8-21-11)16(18)17-10-12-6-7-14(19-2)15(9-12)20-3/h6-7,9,11,13H,4-5,8,10H2,1-3H3,(H,17,18)/t11-,13-/m0/s1. The zero-order chi connectivity index (χ0) is 15.2. The fourth-order valence-corrected chi connectivity index (χ4v) is 2.58. The number of nitrogens with one attached hydrogen (secondary N) is 1. The minimum Gasteiger partial charge on any atom is -0.493 e. The van der Waals surface area contributed by atoms with Crippen molar-refractivity contribution in [2.24, 2.45) is 5.92 Å². The molecule has 0 radical (unpaired) electrons. The number of benzene rings is 1. The molecule has 2 rings (SSSR count). The van der Waals surface area contributed by atoms with Crippen LogP contribution in [0.25, 0.3) is 0 Å². The lowest BCUT2D eigenvalue weighted by Crippen LogP contribution is -2.39. The zero-order valence-corrected chi connectivity index (χ0v) is 12.8. The maximum Gasteiger partial charge on any atom is 0.225 e. The number of carbonyl (C=O) groups excluding carboxylic acids is 1. The average molecular weight is 293 g/mol. The van der Waals surface area contributed by atoms with Crippen LogP contribution in [0, 0.1) is 5.92 Å². The second-order valence-electron chi connectivity index (χ2n) is 5.23. The quantitative estimate of drug-likeness (QED) is 0.903. The molecule has 0 aromatic heterocycles. The van der Waals surface area contributed by atoms with Crippen molar-refractivity contribution < 1.29 is 19.0 Å². The summed E-state index contributed by atoms with van der Waals surface area (Å²) in [5.74, 6) is 1.34. The lowest BCUT2D eigenvalue weighted by Gasteiger charge is -2.28. The Morgan fingerprint density at radius 3 is 2.76 bits per heavy atom. The van der Waals surface area contributed by atoms with E-state index in [1.165, 1.54) is 0 Å². The first-order valence-corrected chi connectivity index (χ1v) is 7.26. The van der Waals surface area contributed by atoms with Crippen LogP contribution in [0.15, 0.2) is 18.2 Å². The highest BCUT2D eigenvalue weighted by Crippen LogP contribution is 2.27. The summed E-state index contributed by atoms with van der Waals surface area (Å²) in [7, 11) is 3.20. The van der Waals surface area contributed by atoms with E-state index in [9.17, 15) is 4.79 Å². The predicted molar refractivity (Wildman–Crippen MR) is 79.5 cm³/mol. The third-order valence-corrected chi connectivity index (χ3v) is 3.86. The van der Waals surface area contributed by atoms with Crippen LogP contribution >= 0.6 is 0 Å². The van der Waals surface area contributed by atoms with Crippen molar-refractivity contribution in [3.63, 3.8) is 0 Å². The van der Waals surface area contributed by atoms with Gasteiger partial charge in [-0.2, -0.15) is 0 Å². The van der Waals surface area contributed by atoms with Crippen molar-refractivity contribution >= 4 is 5.91 Å². The van der Waals surface area contributed by atoms with Crippen molar-refractivity contribution in [2.45, 2.75) is 32.4 Å². The van der Waals surface area contributed by atoms with E-state index >= 15 is 0 Å². The first-order chi connectivity index (χ1) is 10.2. The predicted octanol–water partition coefficient (Wildman–Crippen LogP) is 2.14. The number of methoxy groups -OCH3 is 2. The molecule has 1 aliphatic heterocycles. The SMILES string of the molecule is COc1ccc(CNC(=O)[C@H]2CCCO[C@H]2C)cc1OC. The van der Waals surface area contributed by atoms with Gasteiger partial charge in [-0.15, -0.1) is 0 Å². The Kier molecular flexibility index (Phi) is 5.44. The maximum absolute atomic E-state index is 12.2. The summed E-state index contributed by atoms with van der Waals surface area (Å²) in [6, 6.07) is 5.63. The van der Waals surface area contributed by atoms with Gasteiger partial charge in [0.05, 0.1) is 26.2 Å². The van der Waals surface area contributed by atoms with Gasteiger partial charge in [0.1, 0.15) is 0 Å². The van der Waals surface area contributed by atoms with Crippen molar-refractivity contribution in [2.75, 3.05) is 20.8 Å². The monoisotopic (exact) mass is 293 g/mol. The Bertz CT molecular complexity index is 489. The highest BCUT2D eigenvalue weighted by atomic mass is 16.5. The molecule has 0 bridgehead atoms. The van der Waals surface area contributed by atoms with Gasteiger partial charge in [-0.1, -0.05) is 6.07 Å². The number of rotatable bonds is 5. The lowest BCUT2D eigenvalue weighted by molar-refractivity contribution is -0.133. The van der Waals surface area contributed by atoms with E-state index in [1.807, 2.05) is 25.1 Å². The summed E-state index contributed by atoms with van der Waals surface area (Å²) in [6.07, 6.45) is 1.82. The van der Waals surface area contributed by atoms with Crippen LogP contribution in [0.5, 0.6) is 11.5 Å². The summed E-state index contributed by atoms with van der Waals surface area (Å²) >= 11 is 0. The Morgan fingerprint density at radius 1 is 1.33 bits per heavy atom. The molecule has 0 aliphatic carbocycles. The van der Waals surface area contributed by atoms with Gasteiger partial charge in [0, 0.05) is 13.2 Å². The van der Waals surface area contributed by atoms with Crippen molar-refractivity contribution in [1.29, 1.82) is 0 Å². The molecule has 1 N–H and O–H groups in total. The van der Waals surface area contributed by atoms with Crippen LogP contribution in [-0.4, -0.2) is 32.8 Å². The molecule has 5 nitrogen and oxygen atoms in total. The number of hydrogen-bond acceptors (Lipinski definition) is 4. The molecule has 0 saturated carbocycles. The highest BCUT2D eigenvalue weighted by molar-refractivity contribution is 5.79. The summed E-state index contributed by atoms with van der Waals surface area (Å²) < 4.78 is 16.0. The van der Waals surface area contributed by atoms with E-state index in [4.69, 9.17) is 14.2 Å². The molecule has 1 aliphatic rings. The van der Waals surface area contributed by atoms with E-state index in [1.54, 1.807) is 14.2 Å². The smallest absolute Gasteiger partial charge is 0.225 e. The fourth-order valence-electron chi connectivity index (χ4n) is 2.58. The van der Waals surface area contributed by atoms with Gasteiger partial charge >= 0.3 is 0 Å². The second-order valence-corrected chi connectivity index (χ2v) is 5.23. The van der Waals surface area contributed by atoms with Crippen molar-refractivity contribution in [3.8, 4) is 11.5 Å².